The maximum atomic E-state index is 12.5. The van der Waals surface area contributed by atoms with Crippen LogP contribution in [0.2, 0.25) is 18.1 Å². The second-order valence-electron chi connectivity index (χ2n) is 11.9. The van der Waals surface area contributed by atoms with E-state index in [0.717, 1.165) is 24.0 Å². The van der Waals surface area contributed by atoms with Crippen LogP contribution in [0.25, 0.3) is 6.08 Å². The van der Waals surface area contributed by atoms with Crippen LogP contribution in [0.4, 0.5) is 4.79 Å². The molecule has 196 valence electrons. The van der Waals surface area contributed by atoms with Crippen molar-refractivity contribution in [2.24, 2.45) is 0 Å². The molecule has 1 N–H and O–H groups in total. The van der Waals surface area contributed by atoms with Gasteiger partial charge in [-0.05, 0) is 81.4 Å². The number of aromatic hydroxyl groups is 1. The highest BCUT2D eigenvalue weighted by atomic mass is 28.4. The summed E-state index contributed by atoms with van der Waals surface area (Å²) in [5, 5.41) is 10.6. The van der Waals surface area contributed by atoms with Crippen LogP contribution in [-0.2, 0) is 9.16 Å². The Morgan fingerprint density at radius 3 is 2.46 bits per heavy atom. The third kappa shape index (κ3) is 8.14. The lowest BCUT2D eigenvalue weighted by Gasteiger charge is -2.43. The number of hydrogen-bond donors (Lipinski definition) is 1. The molecule has 0 saturated carbocycles. The molecule has 2 rings (SSSR count). The van der Waals surface area contributed by atoms with E-state index in [1.807, 2.05) is 20.8 Å². The van der Waals surface area contributed by atoms with Crippen molar-refractivity contribution in [3.8, 4) is 11.5 Å². The van der Waals surface area contributed by atoms with Gasteiger partial charge in [0.25, 0.3) is 0 Å². The predicted molar refractivity (Wildman–Crippen MR) is 145 cm³/mol. The fourth-order valence-electron chi connectivity index (χ4n) is 3.63. The largest absolute Gasteiger partial charge is 0.504 e. The topological polar surface area (TPSA) is 68.2 Å². The third-order valence-corrected chi connectivity index (χ3v) is 11.2. The Bertz CT molecular complexity index is 926. The van der Waals surface area contributed by atoms with E-state index in [1.165, 1.54) is 0 Å². The van der Waals surface area contributed by atoms with Crippen LogP contribution in [-0.4, -0.2) is 55.8 Å². The highest BCUT2D eigenvalue weighted by molar-refractivity contribution is 6.74. The SMILES string of the molecule is C=Cc1ccc(O)c(O[C@H]2C(CCN(C)C(=O)OC(C)(C)C)=CCC[C@@H]2O[Si](C)(C)C(C)(C)C)c1. The summed E-state index contributed by atoms with van der Waals surface area (Å²) in [4.78, 5) is 14.1. The Labute approximate surface area is 213 Å². The fourth-order valence-corrected chi connectivity index (χ4v) is 4.98. The number of benzene rings is 1. The van der Waals surface area contributed by atoms with Crippen molar-refractivity contribution in [1.82, 2.24) is 4.90 Å². The summed E-state index contributed by atoms with van der Waals surface area (Å²) in [7, 11) is -0.326. The van der Waals surface area contributed by atoms with E-state index in [1.54, 1.807) is 36.2 Å². The first-order valence-electron chi connectivity index (χ1n) is 12.5. The van der Waals surface area contributed by atoms with Crippen molar-refractivity contribution in [2.45, 2.75) is 96.7 Å². The molecule has 0 spiro atoms. The number of nitrogens with zero attached hydrogens (tertiary/aromatic N) is 1. The van der Waals surface area contributed by atoms with Crippen molar-refractivity contribution in [3.05, 3.63) is 42.0 Å². The molecule has 0 radical (unpaired) electrons. The maximum Gasteiger partial charge on any atom is 0.410 e. The second kappa shape index (κ2) is 11.2. The lowest BCUT2D eigenvalue weighted by Crippen LogP contribution is -2.49. The molecule has 0 unspecified atom stereocenters. The van der Waals surface area contributed by atoms with Crippen LogP contribution < -0.4 is 4.74 Å². The summed E-state index contributed by atoms with van der Waals surface area (Å²) < 4.78 is 18.8. The van der Waals surface area contributed by atoms with Gasteiger partial charge in [-0.2, -0.15) is 0 Å². The number of allylic oxidation sites excluding steroid dienone is 1. The number of phenols is 1. The Hall–Kier alpha value is -2.25. The van der Waals surface area contributed by atoms with Crippen molar-refractivity contribution >= 4 is 20.5 Å². The minimum absolute atomic E-state index is 0.0563. The minimum Gasteiger partial charge on any atom is -0.504 e. The Kier molecular flexibility index (Phi) is 9.28. The Morgan fingerprint density at radius 1 is 1.23 bits per heavy atom. The number of ether oxygens (including phenoxy) is 2. The highest BCUT2D eigenvalue weighted by Gasteiger charge is 2.42. The number of hydrogen-bond acceptors (Lipinski definition) is 5. The Balaban J connectivity index is 2.30. The van der Waals surface area contributed by atoms with Crippen LogP contribution in [0.15, 0.2) is 36.4 Å². The summed E-state index contributed by atoms with van der Waals surface area (Å²) >= 11 is 0. The van der Waals surface area contributed by atoms with Gasteiger partial charge in [0.1, 0.15) is 11.7 Å². The molecule has 35 heavy (non-hydrogen) atoms. The molecule has 1 aliphatic carbocycles. The molecular formula is C28H45NO5Si. The molecule has 1 aliphatic rings. The zero-order valence-electron chi connectivity index (χ0n) is 23.1. The average molecular weight is 504 g/mol. The van der Waals surface area contributed by atoms with Gasteiger partial charge in [-0.1, -0.05) is 45.6 Å². The lowest BCUT2D eigenvalue weighted by atomic mass is 9.91. The molecule has 1 aromatic rings. The zero-order chi connectivity index (χ0) is 26.6. The summed E-state index contributed by atoms with van der Waals surface area (Å²) in [6.07, 6.45) is 5.40. The van der Waals surface area contributed by atoms with Crippen molar-refractivity contribution in [1.29, 1.82) is 0 Å². The first-order valence-corrected chi connectivity index (χ1v) is 15.4. The molecule has 1 aromatic carbocycles. The molecule has 1 amide bonds. The van der Waals surface area contributed by atoms with Crippen LogP contribution in [0.1, 0.15) is 66.4 Å². The number of rotatable bonds is 8. The van der Waals surface area contributed by atoms with Gasteiger partial charge in [0.2, 0.25) is 0 Å². The molecule has 0 bridgehead atoms. The summed E-state index contributed by atoms with van der Waals surface area (Å²) in [6, 6.07) is 5.22. The van der Waals surface area contributed by atoms with Crippen molar-refractivity contribution in [2.75, 3.05) is 13.6 Å². The average Bonchev–Trinajstić information content (AvgIpc) is 2.72. The van der Waals surface area contributed by atoms with Gasteiger partial charge in [-0.25, -0.2) is 4.79 Å². The second-order valence-corrected chi connectivity index (χ2v) is 16.7. The van der Waals surface area contributed by atoms with E-state index < -0.39 is 13.9 Å². The molecule has 0 aliphatic heterocycles. The van der Waals surface area contributed by atoms with Crippen LogP contribution in [0, 0.1) is 0 Å². The summed E-state index contributed by atoms with van der Waals surface area (Å²) in [5.74, 6) is 0.488. The van der Waals surface area contributed by atoms with E-state index in [9.17, 15) is 9.90 Å². The number of amides is 1. The highest BCUT2D eigenvalue weighted by Crippen LogP contribution is 2.41. The zero-order valence-corrected chi connectivity index (χ0v) is 24.1. The number of phenolic OH excluding ortho intramolecular Hbond substituents is 1. The van der Waals surface area contributed by atoms with Crippen molar-refractivity contribution < 1.29 is 23.8 Å². The van der Waals surface area contributed by atoms with E-state index >= 15 is 0 Å². The van der Waals surface area contributed by atoms with Gasteiger partial charge < -0.3 is 23.9 Å². The lowest BCUT2D eigenvalue weighted by molar-refractivity contribution is 0.0285. The van der Waals surface area contributed by atoms with Gasteiger partial charge in [-0.15, -0.1) is 0 Å². The smallest absolute Gasteiger partial charge is 0.410 e. The number of carbonyl (C=O) groups excluding carboxylic acids is 1. The molecule has 0 fully saturated rings. The van der Waals surface area contributed by atoms with Gasteiger partial charge in [0, 0.05) is 13.6 Å². The molecular weight excluding hydrogens is 458 g/mol. The predicted octanol–water partition coefficient (Wildman–Crippen LogP) is 7.15. The minimum atomic E-state index is -2.07. The molecule has 6 nitrogen and oxygen atoms in total. The monoisotopic (exact) mass is 503 g/mol. The van der Waals surface area contributed by atoms with Crippen molar-refractivity contribution in [3.63, 3.8) is 0 Å². The first-order chi connectivity index (χ1) is 16.0. The van der Waals surface area contributed by atoms with Crippen LogP contribution >= 0.6 is 0 Å². The molecule has 0 heterocycles. The van der Waals surface area contributed by atoms with Gasteiger partial charge >= 0.3 is 6.09 Å². The molecule has 0 saturated heterocycles. The summed E-state index contributed by atoms with van der Waals surface area (Å²) in [5.41, 5.74) is 1.39. The number of carbonyl (C=O) groups is 1. The van der Waals surface area contributed by atoms with Crippen LogP contribution in [0.5, 0.6) is 11.5 Å². The van der Waals surface area contributed by atoms with E-state index in [0.29, 0.717) is 18.7 Å². The molecule has 2 atom stereocenters. The quantitative estimate of drug-likeness (QED) is 0.301. The third-order valence-electron chi connectivity index (χ3n) is 6.73. The fraction of sp³-hybridized carbons (Fsp3) is 0.607. The molecule has 7 heteroatoms. The Morgan fingerprint density at radius 2 is 1.89 bits per heavy atom. The first kappa shape index (κ1) is 29.0. The van der Waals surface area contributed by atoms with Gasteiger partial charge in [0.05, 0.1) is 6.10 Å². The van der Waals surface area contributed by atoms with E-state index in [-0.39, 0.29) is 29.1 Å². The van der Waals surface area contributed by atoms with Gasteiger partial charge in [0.15, 0.2) is 19.8 Å². The summed E-state index contributed by atoms with van der Waals surface area (Å²) in [6.45, 7) is 21.1. The van der Waals surface area contributed by atoms with E-state index in [4.69, 9.17) is 13.9 Å². The molecule has 0 aromatic heterocycles. The van der Waals surface area contributed by atoms with Gasteiger partial charge in [-0.3, -0.25) is 0 Å². The van der Waals surface area contributed by atoms with Crippen LogP contribution in [0.3, 0.4) is 0 Å². The standard InChI is InChI=1S/C28H45NO5Si/c1-11-20-15-16-22(30)24(19-20)32-25-21(17-18-29(8)26(31)33-27(2,3)4)13-12-14-23(25)34-35(9,10)28(5,6)7/h11,13,15-16,19,23,25,30H,1,12,14,17-18H2,2-10H3/t23-,25-/m0/s1. The van der Waals surface area contributed by atoms with E-state index in [2.05, 4.69) is 46.5 Å². The normalized spacial score (nSPS) is 19.1. The maximum absolute atomic E-state index is 12.5.